The number of benzene rings is 1. The Bertz CT molecular complexity index is 1650. The monoisotopic (exact) mass is 518 g/mol. The average Bonchev–Trinajstić information content (AvgIpc) is 3.60. The van der Waals surface area contributed by atoms with Gasteiger partial charge in [0.2, 0.25) is 0 Å². The van der Waals surface area contributed by atoms with Crippen LogP contribution in [0, 0.1) is 11.3 Å². The molecule has 9 nitrogen and oxygen atoms in total. The predicted molar refractivity (Wildman–Crippen MR) is 150 cm³/mol. The fourth-order valence-electron chi connectivity index (χ4n) is 5.41. The SMILES string of the molecule is C[C@@H](Cc1ccccc1O)N1CCN(c2ccc(-c3cc(-c4cnn(C)c4)cn4ncc(C#N)c34)cn2)CC1. The molecule has 1 aliphatic rings. The minimum atomic E-state index is 0.343. The third-order valence-corrected chi connectivity index (χ3v) is 7.60. The standard InChI is InChI=1S/C30H30N8O/c1-21(13-22-5-3-4-6-28(22)39)36-9-11-37(12-10-36)29-8-7-23(16-32-29)27-14-24(26-18-33-35(2)19-26)20-38-30(27)25(15-31)17-34-38/h3-8,14,16-21,39H,9-13H2,1-2H3/t21-/m0/s1. The molecule has 9 heteroatoms. The van der Waals surface area contributed by atoms with Gasteiger partial charge in [0.1, 0.15) is 17.6 Å². The third-order valence-electron chi connectivity index (χ3n) is 7.60. The van der Waals surface area contributed by atoms with Gasteiger partial charge in [0.05, 0.1) is 23.5 Å². The maximum absolute atomic E-state index is 10.1. The lowest BCUT2D eigenvalue weighted by Crippen LogP contribution is -2.50. The fourth-order valence-corrected chi connectivity index (χ4v) is 5.41. The Kier molecular flexibility index (Phi) is 6.47. The van der Waals surface area contributed by atoms with Crippen molar-refractivity contribution in [1.29, 1.82) is 5.26 Å². The summed E-state index contributed by atoms with van der Waals surface area (Å²) in [5.74, 6) is 1.31. The highest BCUT2D eigenvalue weighted by Crippen LogP contribution is 2.32. The lowest BCUT2D eigenvalue weighted by molar-refractivity contribution is 0.195. The van der Waals surface area contributed by atoms with Gasteiger partial charge in [-0.3, -0.25) is 9.58 Å². The van der Waals surface area contributed by atoms with Crippen molar-refractivity contribution in [3.05, 3.63) is 84.6 Å². The molecule has 0 aliphatic carbocycles. The number of anilines is 1. The lowest BCUT2D eigenvalue weighted by atomic mass is 10.0. The number of fused-ring (bicyclic) bond motifs is 1. The molecule has 5 aromatic rings. The molecular weight excluding hydrogens is 488 g/mol. The summed E-state index contributed by atoms with van der Waals surface area (Å²) in [6.45, 7) is 5.88. The van der Waals surface area contributed by atoms with E-state index in [-0.39, 0.29) is 0 Å². The first-order valence-corrected chi connectivity index (χ1v) is 13.1. The van der Waals surface area contributed by atoms with Crippen LogP contribution in [0.3, 0.4) is 0 Å². The topological polar surface area (TPSA) is 98.5 Å². The van der Waals surface area contributed by atoms with E-state index in [0.717, 1.165) is 71.8 Å². The summed E-state index contributed by atoms with van der Waals surface area (Å²) in [7, 11) is 1.89. The Labute approximate surface area is 227 Å². The molecule has 4 aromatic heterocycles. The van der Waals surface area contributed by atoms with E-state index in [4.69, 9.17) is 4.98 Å². The van der Waals surface area contributed by atoms with Crippen LogP contribution < -0.4 is 4.90 Å². The largest absolute Gasteiger partial charge is 0.508 e. The molecule has 1 aromatic carbocycles. The highest BCUT2D eigenvalue weighted by molar-refractivity contribution is 5.87. The summed E-state index contributed by atoms with van der Waals surface area (Å²) >= 11 is 0. The number of pyridine rings is 2. The summed E-state index contributed by atoms with van der Waals surface area (Å²) in [4.78, 5) is 9.61. The van der Waals surface area contributed by atoms with Crippen LogP contribution in [0.15, 0.2) is 73.4 Å². The van der Waals surface area contributed by atoms with Gasteiger partial charge < -0.3 is 10.0 Å². The Hall–Kier alpha value is -4.68. The van der Waals surface area contributed by atoms with Crippen LogP contribution in [-0.2, 0) is 13.5 Å². The van der Waals surface area contributed by atoms with E-state index in [9.17, 15) is 10.4 Å². The molecule has 1 fully saturated rings. The molecule has 1 aliphatic heterocycles. The zero-order valence-corrected chi connectivity index (χ0v) is 22.1. The third kappa shape index (κ3) is 4.82. The van der Waals surface area contributed by atoms with Crippen LogP contribution in [0.5, 0.6) is 5.75 Å². The van der Waals surface area contributed by atoms with E-state index in [1.165, 1.54) is 0 Å². The second-order valence-electron chi connectivity index (χ2n) is 10.1. The molecule has 0 amide bonds. The van der Waals surface area contributed by atoms with Gasteiger partial charge in [-0.1, -0.05) is 18.2 Å². The van der Waals surface area contributed by atoms with E-state index in [1.807, 2.05) is 50.0 Å². The maximum Gasteiger partial charge on any atom is 0.128 e. The summed E-state index contributed by atoms with van der Waals surface area (Å²) in [5, 5.41) is 28.6. The first kappa shape index (κ1) is 24.6. The average molecular weight is 519 g/mol. The van der Waals surface area contributed by atoms with E-state index in [2.05, 4.69) is 51.2 Å². The number of aromatic nitrogens is 5. The molecule has 0 spiro atoms. The van der Waals surface area contributed by atoms with Gasteiger partial charge in [-0.15, -0.1) is 0 Å². The molecule has 0 bridgehead atoms. The number of aryl methyl sites for hydroxylation is 1. The van der Waals surface area contributed by atoms with Gasteiger partial charge in [-0.05, 0) is 43.2 Å². The molecule has 0 radical (unpaired) electrons. The number of hydrogen-bond acceptors (Lipinski definition) is 7. The summed E-state index contributed by atoms with van der Waals surface area (Å²) in [5.41, 5.74) is 6.08. The molecule has 6 rings (SSSR count). The number of phenolic OH excluding ortho intramolecular Hbond substituents is 1. The molecular formula is C30H30N8O. The summed E-state index contributed by atoms with van der Waals surface area (Å²) in [6.07, 6.45) is 10.0. The van der Waals surface area contributed by atoms with Crippen LogP contribution in [0.25, 0.3) is 27.8 Å². The van der Waals surface area contributed by atoms with Crippen molar-refractivity contribution >= 4 is 11.3 Å². The number of rotatable bonds is 6. The molecule has 1 saturated heterocycles. The van der Waals surface area contributed by atoms with Crippen molar-refractivity contribution < 1.29 is 5.11 Å². The van der Waals surface area contributed by atoms with E-state index < -0.39 is 0 Å². The number of aromatic hydroxyl groups is 1. The molecule has 5 heterocycles. The van der Waals surface area contributed by atoms with Crippen LogP contribution in [0.4, 0.5) is 5.82 Å². The molecule has 196 valence electrons. The van der Waals surface area contributed by atoms with E-state index in [1.54, 1.807) is 21.5 Å². The number of nitriles is 1. The van der Waals surface area contributed by atoms with Crippen molar-refractivity contribution in [2.24, 2.45) is 7.05 Å². The fraction of sp³-hybridized carbons (Fsp3) is 0.267. The van der Waals surface area contributed by atoms with Crippen LogP contribution in [0.2, 0.25) is 0 Å². The zero-order chi connectivity index (χ0) is 26.9. The van der Waals surface area contributed by atoms with Gasteiger partial charge in [0, 0.05) is 80.1 Å². The summed E-state index contributed by atoms with van der Waals surface area (Å²) < 4.78 is 3.53. The molecule has 0 saturated carbocycles. The van der Waals surface area contributed by atoms with Crippen LogP contribution in [0.1, 0.15) is 18.1 Å². The minimum Gasteiger partial charge on any atom is -0.508 e. The smallest absolute Gasteiger partial charge is 0.128 e. The number of phenols is 1. The Morgan fingerprint density at radius 2 is 1.77 bits per heavy atom. The Morgan fingerprint density at radius 3 is 2.46 bits per heavy atom. The number of hydrogen-bond donors (Lipinski definition) is 1. The predicted octanol–water partition coefficient (Wildman–Crippen LogP) is 4.13. The van der Waals surface area contributed by atoms with Crippen molar-refractivity contribution in [2.45, 2.75) is 19.4 Å². The van der Waals surface area contributed by atoms with Crippen molar-refractivity contribution in [2.75, 3.05) is 31.1 Å². The first-order valence-electron chi connectivity index (χ1n) is 13.1. The maximum atomic E-state index is 10.1. The second-order valence-corrected chi connectivity index (χ2v) is 10.1. The number of piperazine rings is 1. The quantitative estimate of drug-likeness (QED) is 0.361. The van der Waals surface area contributed by atoms with Gasteiger partial charge >= 0.3 is 0 Å². The minimum absolute atomic E-state index is 0.343. The highest BCUT2D eigenvalue weighted by Gasteiger charge is 2.23. The first-order chi connectivity index (χ1) is 19.0. The molecule has 39 heavy (non-hydrogen) atoms. The van der Waals surface area contributed by atoms with Crippen LogP contribution >= 0.6 is 0 Å². The number of para-hydroxylation sites is 1. The Balaban J connectivity index is 1.20. The van der Waals surface area contributed by atoms with Crippen LogP contribution in [-0.4, -0.2) is 66.6 Å². The van der Waals surface area contributed by atoms with Crippen molar-refractivity contribution in [3.63, 3.8) is 0 Å². The lowest BCUT2D eigenvalue weighted by Gasteiger charge is -2.38. The van der Waals surface area contributed by atoms with E-state index in [0.29, 0.717) is 17.4 Å². The molecule has 1 atom stereocenters. The summed E-state index contributed by atoms with van der Waals surface area (Å²) in [6, 6.07) is 16.4. The van der Waals surface area contributed by atoms with Crippen molar-refractivity contribution in [1.82, 2.24) is 29.3 Å². The zero-order valence-electron chi connectivity index (χ0n) is 22.1. The Morgan fingerprint density at radius 1 is 0.949 bits per heavy atom. The highest BCUT2D eigenvalue weighted by atomic mass is 16.3. The van der Waals surface area contributed by atoms with E-state index >= 15 is 0 Å². The van der Waals surface area contributed by atoms with Gasteiger partial charge in [-0.25, -0.2) is 9.50 Å². The normalized spacial score (nSPS) is 14.9. The van der Waals surface area contributed by atoms with Crippen molar-refractivity contribution in [3.8, 4) is 34.1 Å². The van der Waals surface area contributed by atoms with Gasteiger partial charge in [0.15, 0.2) is 0 Å². The van der Waals surface area contributed by atoms with Gasteiger partial charge in [-0.2, -0.15) is 15.5 Å². The number of nitrogens with zero attached hydrogens (tertiary/aromatic N) is 8. The van der Waals surface area contributed by atoms with Gasteiger partial charge in [0.25, 0.3) is 0 Å². The molecule has 0 unspecified atom stereocenters. The molecule has 1 N–H and O–H groups in total. The second kappa shape index (κ2) is 10.2.